The van der Waals surface area contributed by atoms with Gasteiger partial charge in [-0.25, -0.2) is 4.98 Å². The van der Waals surface area contributed by atoms with Crippen molar-refractivity contribution >= 4 is 27.7 Å². The van der Waals surface area contributed by atoms with Gasteiger partial charge in [-0.05, 0) is 64.3 Å². The van der Waals surface area contributed by atoms with Crippen LogP contribution in [0.4, 0.5) is 5.82 Å². The molecular weight excluding hydrogens is 380 g/mol. The second-order valence-corrected chi connectivity index (χ2v) is 6.49. The monoisotopic (exact) mass is 396 g/mol. The lowest BCUT2D eigenvalue weighted by Crippen LogP contribution is -2.13. The van der Waals surface area contributed by atoms with Gasteiger partial charge in [0.2, 0.25) is 0 Å². The third kappa shape index (κ3) is 4.67. The molecule has 0 aliphatic rings. The van der Waals surface area contributed by atoms with Crippen LogP contribution in [0.15, 0.2) is 71.3 Å². The highest BCUT2D eigenvalue weighted by Gasteiger charge is 2.09. The van der Waals surface area contributed by atoms with Crippen molar-refractivity contribution in [1.82, 2.24) is 4.98 Å². The molecule has 1 N–H and O–H groups in total. The van der Waals surface area contributed by atoms with Gasteiger partial charge in [-0.15, -0.1) is 0 Å². The number of hydrogen-bond acceptors (Lipinski definition) is 3. The Labute approximate surface area is 155 Å². The van der Waals surface area contributed by atoms with E-state index in [9.17, 15) is 4.79 Å². The number of nitrogens with zero attached hydrogens (tertiary/aromatic N) is 1. The van der Waals surface area contributed by atoms with Gasteiger partial charge < -0.3 is 10.1 Å². The lowest BCUT2D eigenvalue weighted by Gasteiger charge is -2.09. The highest BCUT2D eigenvalue weighted by molar-refractivity contribution is 9.10. The Morgan fingerprint density at radius 2 is 1.84 bits per heavy atom. The van der Waals surface area contributed by atoms with Crippen LogP contribution in [0.1, 0.15) is 21.5 Å². The van der Waals surface area contributed by atoms with Crippen LogP contribution in [0.2, 0.25) is 0 Å². The largest absolute Gasteiger partial charge is 0.489 e. The highest BCUT2D eigenvalue weighted by Crippen LogP contribution is 2.19. The van der Waals surface area contributed by atoms with Gasteiger partial charge >= 0.3 is 0 Å². The second kappa shape index (κ2) is 7.94. The number of amides is 1. The van der Waals surface area contributed by atoms with Crippen molar-refractivity contribution in [3.8, 4) is 5.75 Å². The summed E-state index contributed by atoms with van der Waals surface area (Å²) in [5.41, 5.74) is 2.54. The number of ether oxygens (including phenoxy) is 1. The van der Waals surface area contributed by atoms with Gasteiger partial charge in [0.1, 0.15) is 18.2 Å². The van der Waals surface area contributed by atoms with Crippen LogP contribution < -0.4 is 10.1 Å². The zero-order valence-electron chi connectivity index (χ0n) is 13.7. The van der Waals surface area contributed by atoms with Crippen molar-refractivity contribution in [3.63, 3.8) is 0 Å². The molecule has 0 aliphatic heterocycles. The molecule has 1 aromatic heterocycles. The predicted molar refractivity (Wildman–Crippen MR) is 102 cm³/mol. The van der Waals surface area contributed by atoms with Crippen LogP contribution in [-0.2, 0) is 6.61 Å². The minimum Gasteiger partial charge on any atom is -0.489 e. The van der Waals surface area contributed by atoms with E-state index in [1.807, 2.05) is 43.3 Å². The number of aryl methyl sites for hydroxylation is 1. The molecule has 5 heteroatoms. The number of carbonyl (C=O) groups excluding carboxylic acids is 1. The van der Waals surface area contributed by atoms with Crippen molar-refractivity contribution in [3.05, 3.63) is 88.0 Å². The number of carbonyl (C=O) groups is 1. The van der Waals surface area contributed by atoms with Gasteiger partial charge in [0.05, 0.1) is 0 Å². The number of pyridine rings is 1. The van der Waals surface area contributed by atoms with Crippen LogP contribution in [0, 0.1) is 6.92 Å². The number of anilines is 1. The van der Waals surface area contributed by atoms with Crippen LogP contribution in [0.5, 0.6) is 5.75 Å². The molecule has 0 atom stereocenters. The highest BCUT2D eigenvalue weighted by atomic mass is 79.9. The average Bonchev–Trinajstić information content (AvgIpc) is 2.63. The van der Waals surface area contributed by atoms with Crippen LogP contribution in [-0.4, -0.2) is 10.9 Å². The van der Waals surface area contributed by atoms with Crippen molar-refractivity contribution < 1.29 is 9.53 Å². The third-order valence-corrected chi connectivity index (χ3v) is 4.08. The van der Waals surface area contributed by atoms with E-state index >= 15 is 0 Å². The Hall–Kier alpha value is -2.66. The number of aromatic nitrogens is 1. The van der Waals surface area contributed by atoms with Crippen molar-refractivity contribution in [1.29, 1.82) is 0 Å². The Kier molecular flexibility index (Phi) is 5.46. The molecule has 0 radical (unpaired) electrons. The number of benzene rings is 2. The number of nitrogens with one attached hydrogen (secondary N) is 1. The van der Waals surface area contributed by atoms with Crippen LogP contribution in [0.3, 0.4) is 0 Å². The minimum atomic E-state index is -0.201. The summed E-state index contributed by atoms with van der Waals surface area (Å²) in [7, 11) is 0. The Morgan fingerprint density at radius 3 is 2.52 bits per heavy atom. The van der Waals surface area contributed by atoms with Gasteiger partial charge in [0.25, 0.3) is 5.91 Å². The molecule has 0 saturated carbocycles. The average molecular weight is 397 g/mol. The van der Waals surface area contributed by atoms with Gasteiger partial charge in [0, 0.05) is 16.2 Å². The SMILES string of the molecule is Cc1cc(Br)cnc1NC(=O)c1ccc(OCc2ccccc2)cc1. The third-order valence-electron chi connectivity index (χ3n) is 3.64. The normalized spacial score (nSPS) is 10.3. The van der Waals surface area contributed by atoms with E-state index in [2.05, 4.69) is 26.2 Å². The molecule has 3 rings (SSSR count). The molecule has 0 unspecified atom stereocenters. The quantitative estimate of drug-likeness (QED) is 0.661. The number of halogens is 1. The zero-order valence-corrected chi connectivity index (χ0v) is 15.3. The maximum absolute atomic E-state index is 12.3. The Balaban J connectivity index is 1.62. The van der Waals surface area contributed by atoms with E-state index < -0.39 is 0 Å². The maximum atomic E-state index is 12.3. The van der Waals surface area contributed by atoms with Crippen LogP contribution in [0.25, 0.3) is 0 Å². The predicted octanol–water partition coefficient (Wildman–Crippen LogP) is 4.98. The van der Waals surface area contributed by atoms with Crippen molar-refractivity contribution in [2.24, 2.45) is 0 Å². The molecule has 0 aliphatic carbocycles. The summed E-state index contributed by atoms with van der Waals surface area (Å²) in [6, 6.07) is 18.9. The summed E-state index contributed by atoms with van der Waals surface area (Å²) >= 11 is 3.36. The molecule has 0 fully saturated rings. The fourth-order valence-corrected chi connectivity index (χ4v) is 2.74. The Bertz CT molecular complexity index is 865. The van der Waals surface area contributed by atoms with E-state index in [-0.39, 0.29) is 5.91 Å². The summed E-state index contributed by atoms with van der Waals surface area (Å²) < 4.78 is 6.61. The molecule has 0 spiro atoms. The summed E-state index contributed by atoms with van der Waals surface area (Å²) in [5, 5.41) is 2.82. The van der Waals surface area contributed by atoms with E-state index in [4.69, 9.17) is 4.74 Å². The summed E-state index contributed by atoms with van der Waals surface area (Å²) in [6.45, 7) is 2.39. The summed E-state index contributed by atoms with van der Waals surface area (Å²) in [4.78, 5) is 16.6. The number of hydrogen-bond donors (Lipinski definition) is 1. The topological polar surface area (TPSA) is 51.2 Å². The smallest absolute Gasteiger partial charge is 0.256 e. The molecule has 4 nitrogen and oxygen atoms in total. The first-order valence-electron chi connectivity index (χ1n) is 7.82. The molecule has 1 amide bonds. The summed E-state index contributed by atoms with van der Waals surface area (Å²) in [5.74, 6) is 1.07. The molecule has 3 aromatic rings. The van der Waals surface area contributed by atoms with Gasteiger partial charge in [-0.1, -0.05) is 30.3 Å². The van der Waals surface area contributed by atoms with Crippen molar-refractivity contribution in [2.45, 2.75) is 13.5 Å². The Morgan fingerprint density at radius 1 is 1.12 bits per heavy atom. The first-order valence-corrected chi connectivity index (χ1v) is 8.61. The van der Waals surface area contributed by atoms with E-state index in [0.29, 0.717) is 18.0 Å². The first-order chi connectivity index (χ1) is 12.1. The minimum absolute atomic E-state index is 0.201. The molecule has 0 bridgehead atoms. The van der Waals surface area contributed by atoms with Gasteiger partial charge in [-0.2, -0.15) is 0 Å². The fourth-order valence-electron chi connectivity index (χ4n) is 2.29. The fraction of sp³-hybridized carbons (Fsp3) is 0.100. The molecule has 0 saturated heterocycles. The lowest BCUT2D eigenvalue weighted by molar-refractivity contribution is 0.102. The maximum Gasteiger partial charge on any atom is 0.256 e. The molecule has 2 aromatic carbocycles. The summed E-state index contributed by atoms with van der Waals surface area (Å²) in [6.07, 6.45) is 1.66. The van der Waals surface area contributed by atoms with Crippen molar-refractivity contribution in [2.75, 3.05) is 5.32 Å². The van der Waals surface area contributed by atoms with E-state index in [1.54, 1.807) is 30.5 Å². The van der Waals surface area contributed by atoms with Gasteiger partial charge in [-0.3, -0.25) is 4.79 Å². The van der Waals surface area contributed by atoms with E-state index in [0.717, 1.165) is 21.3 Å². The van der Waals surface area contributed by atoms with Crippen LogP contribution >= 0.6 is 15.9 Å². The first kappa shape index (κ1) is 17.2. The number of rotatable bonds is 5. The lowest BCUT2D eigenvalue weighted by atomic mass is 10.2. The standard InChI is InChI=1S/C20H17BrN2O2/c1-14-11-17(21)12-22-19(14)23-20(24)16-7-9-18(10-8-16)25-13-15-5-3-2-4-6-15/h2-12H,13H2,1H3,(H,22,23,24). The van der Waals surface area contributed by atoms with Gasteiger partial charge in [0.15, 0.2) is 0 Å². The zero-order chi connectivity index (χ0) is 17.6. The molecule has 1 heterocycles. The molecule has 126 valence electrons. The van der Waals surface area contributed by atoms with E-state index in [1.165, 1.54) is 0 Å². The molecule has 25 heavy (non-hydrogen) atoms. The molecular formula is C20H17BrN2O2. The second-order valence-electron chi connectivity index (χ2n) is 5.57.